The van der Waals surface area contributed by atoms with E-state index in [4.69, 9.17) is 0 Å². The van der Waals surface area contributed by atoms with E-state index in [9.17, 15) is 9.90 Å². The van der Waals surface area contributed by atoms with E-state index in [2.05, 4.69) is 4.98 Å². The third kappa shape index (κ3) is 1.87. The van der Waals surface area contributed by atoms with Crippen molar-refractivity contribution in [3.63, 3.8) is 0 Å². The third-order valence-corrected chi connectivity index (χ3v) is 3.14. The highest BCUT2D eigenvalue weighted by molar-refractivity contribution is 5.96. The summed E-state index contributed by atoms with van der Waals surface area (Å²) in [5, 5.41) is 9.25. The average molecular weight is 252 g/mol. The van der Waals surface area contributed by atoms with Gasteiger partial charge < -0.3 is 9.51 Å². The molecule has 0 aliphatic heterocycles. The Morgan fingerprint density at radius 1 is 1.32 bits per heavy atom. The summed E-state index contributed by atoms with van der Waals surface area (Å²) in [4.78, 5) is 15.5. The molecule has 0 fully saturated rings. The van der Waals surface area contributed by atoms with Crippen LogP contribution in [-0.2, 0) is 0 Å². The number of pyridine rings is 1. The Bertz CT molecular complexity index is 775. The topological polar surface area (TPSA) is 54.6 Å². The van der Waals surface area contributed by atoms with Crippen molar-refractivity contribution in [3.8, 4) is 11.1 Å². The Balaban J connectivity index is 2.27. The minimum Gasteiger partial charge on any atom is -0.478 e. The number of imidazole rings is 1. The molecule has 0 atom stereocenters. The monoisotopic (exact) mass is 252 g/mol. The van der Waals surface area contributed by atoms with Gasteiger partial charge in [-0.25, -0.2) is 9.78 Å². The summed E-state index contributed by atoms with van der Waals surface area (Å²) in [6.07, 6.45) is 5.49. The van der Waals surface area contributed by atoms with Gasteiger partial charge in [-0.2, -0.15) is 0 Å². The van der Waals surface area contributed by atoms with E-state index < -0.39 is 5.97 Å². The lowest BCUT2D eigenvalue weighted by Gasteiger charge is -2.08. The standard InChI is InChI=1S/C15H12N2O2/c1-10-8-11(9-17-7-6-16-14(10)17)12-4-2-3-5-13(12)15(18)19/h2-9H,1H3,(H,18,19). The number of hydrogen-bond donors (Lipinski definition) is 1. The summed E-state index contributed by atoms with van der Waals surface area (Å²) in [6, 6.07) is 8.97. The number of aryl methyl sites for hydroxylation is 1. The van der Waals surface area contributed by atoms with Crippen LogP contribution in [0.1, 0.15) is 15.9 Å². The van der Waals surface area contributed by atoms with Crippen LogP contribution in [0.3, 0.4) is 0 Å². The fourth-order valence-electron chi connectivity index (χ4n) is 2.28. The van der Waals surface area contributed by atoms with Crippen LogP contribution in [0.4, 0.5) is 0 Å². The molecule has 3 aromatic rings. The third-order valence-electron chi connectivity index (χ3n) is 3.14. The SMILES string of the molecule is Cc1cc(-c2ccccc2C(=O)O)cn2ccnc12. The first-order valence-electron chi connectivity index (χ1n) is 5.93. The van der Waals surface area contributed by atoms with E-state index in [0.29, 0.717) is 11.1 Å². The van der Waals surface area contributed by atoms with Crippen molar-refractivity contribution in [2.45, 2.75) is 6.92 Å². The zero-order valence-corrected chi connectivity index (χ0v) is 10.4. The Kier molecular flexibility index (Phi) is 2.56. The second kappa shape index (κ2) is 4.24. The summed E-state index contributed by atoms with van der Waals surface area (Å²) in [7, 11) is 0. The van der Waals surface area contributed by atoms with Crippen LogP contribution in [-0.4, -0.2) is 20.5 Å². The number of aromatic carboxylic acids is 1. The lowest BCUT2D eigenvalue weighted by atomic mass is 10.00. The number of rotatable bonds is 2. The number of carboxylic acids is 1. The molecule has 0 amide bonds. The van der Waals surface area contributed by atoms with Gasteiger partial charge in [0.15, 0.2) is 0 Å². The van der Waals surface area contributed by atoms with Crippen molar-refractivity contribution >= 4 is 11.6 Å². The number of benzene rings is 1. The molecule has 2 heterocycles. The van der Waals surface area contributed by atoms with E-state index in [1.807, 2.05) is 41.9 Å². The van der Waals surface area contributed by atoms with Crippen LogP contribution in [0.5, 0.6) is 0 Å². The Morgan fingerprint density at radius 2 is 2.11 bits per heavy atom. The highest BCUT2D eigenvalue weighted by atomic mass is 16.4. The number of hydrogen-bond acceptors (Lipinski definition) is 2. The zero-order chi connectivity index (χ0) is 13.4. The van der Waals surface area contributed by atoms with Gasteiger partial charge >= 0.3 is 5.97 Å². The summed E-state index contributed by atoms with van der Waals surface area (Å²) in [5.74, 6) is -0.918. The number of carbonyl (C=O) groups is 1. The molecule has 0 saturated heterocycles. The molecule has 1 N–H and O–H groups in total. The van der Waals surface area contributed by atoms with Crippen molar-refractivity contribution in [1.82, 2.24) is 9.38 Å². The fraction of sp³-hybridized carbons (Fsp3) is 0.0667. The number of fused-ring (bicyclic) bond motifs is 1. The lowest BCUT2D eigenvalue weighted by Crippen LogP contribution is -2.00. The first-order valence-corrected chi connectivity index (χ1v) is 5.93. The molecule has 1 aromatic carbocycles. The maximum atomic E-state index is 11.3. The quantitative estimate of drug-likeness (QED) is 0.762. The Morgan fingerprint density at radius 3 is 2.89 bits per heavy atom. The van der Waals surface area contributed by atoms with E-state index in [1.165, 1.54) is 0 Å². The summed E-state index contributed by atoms with van der Waals surface area (Å²) < 4.78 is 1.91. The molecular formula is C15H12N2O2. The van der Waals surface area contributed by atoms with Crippen LogP contribution >= 0.6 is 0 Å². The summed E-state index contributed by atoms with van der Waals surface area (Å²) >= 11 is 0. The maximum Gasteiger partial charge on any atom is 0.336 e. The van der Waals surface area contributed by atoms with Crippen LogP contribution in [0, 0.1) is 6.92 Å². The van der Waals surface area contributed by atoms with E-state index in [0.717, 1.165) is 16.8 Å². The molecule has 0 spiro atoms. The smallest absolute Gasteiger partial charge is 0.336 e. The maximum absolute atomic E-state index is 11.3. The largest absolute Gasteiger partial charge is 0.478 e. The lowest BCUT2D eigenvalue weighted by molar-refractivity contribution is 0.0697. The molecule has 4 nitrogen and oxygen atoms in total. The first kappa shape index (κ1) is 11.5. The zero-order valence-electron chi connectivity index (χ0n) is 10.4. The van der Waals surface area contributed by atoms with E-state index in [-0.39, 0.29) is 0 Å². The van der Waals surface area contributed by atoms with Crippen molar-refractivity contribution < 1.29 is 9.90 Å². The summed E-state index contributed by atoms with van der Waals surface area (Å²) in [5.41, 5.74) is 3.80. The van der Waals surface area contributed by atoms with Crippen molar-refractivity contribution in [2.75, 3.05) is 0 Å². The molecule has 0 radical (unpaired) electrons. The second-order valence-corrected chi connectivity index (χ2v) is 4.42. The normalized spacial score (nSPS) is 10.8. The van der Waals surface area contributed by atoms with Gasteiger partial charge in [-0.05, 0) is 35.7 Å². The van der Waals surface area contributed by atoms with Gasteiger partial charge in [0.2, 0.25) is 0 Å². The van der Waals surface area contributed by atoms with Gasteiger partial charge in [0.25, 0.3) is 0 Å². The molecule has 19 heavy (non-hydrogen) atoms. The molecule has 4 heteroatoms. The first-order chi connectivity index (χ1) is 9.16. The van der Waals surface area contributed by atoms with Gasteiger partial charge in [-0.1, -0.05) is 18.2 Å². The molecule has 3 rings (SSSR count). The molecule has 0 aliphatic rings. The average Bonchev–Trinajstić information content (AvgIpc) is 2.87. The van der Waals surface area contributed by atoms with Crippen LogP contribution in [0.2, 0.25) is 0 Å². The van der Waals surface area contributed by atoms with Gasteiger partial charge in [-0.3, -0.25) is 0 Å². The number of carboxylic acid groups (broad SMARTS) is 1. The van der Waals surface area contributed by atoms with E-state index >= 15 is 0 Å². The van der Waals surface area contributed by atoms with Crippen LogP contribution in [0.15, 0.2) is 48.9 Å². The molecule has 0 saturated carbocycles. The van der Waals surface area contributed by atoms with Crippen LogP contribution < -0.4 is 0 Å². The van der Waals surface area contributed by atoms with Gasteiger partial charge in [0, 0.05) is 18.6 Å². The molecule has 2 aromatic heterocycles. The molecule has 0 aliphatic carbocycles. The van der Waals surface area contributed by atoms with Crippen molar-refractivity contribution in [2.24, 2.45) is 0 Å². The predicted molar refractivity (Wildman–Crippen MR) is 72.3 cm³/mol. The highest BCUT2D eigenvalue weighted by Crippen LogP contribution is 2.25. The fourth-order valence-corrected chi connectivity index (χ4v) is 2.28. The Labute approximate surface area is 110 Å². The molecule has 0 unspecified atom stereocenters. The van der Waals surface area contributed by atoms with Gasteiger partial charge in [0.05, 0.1) is 5.56 Å². The van der Waals surface area contributed by atoms with Crippen molar-refractivity contribution in [3.05, 3.63) is 60.0 Å². The molecule has 94 valence electrons. The Hall–Kier alpha value is -2.62. The highest BCUT2D eigenvalue weighted by Gasteiger charge is 2.12. The van der Waals surface area contributed by atoms with E-state index in [1.54, 1.807) is 18.3 Å². The molecule has 0 bridgehead atoms. The van der Waals surface area contributed by atoms with Crippen molar-refractivity contribution in [1.29, 1.82) is 0 Å². The number of aromatic nitrogens is 2. The summed E-state index contributed by atoms with van der Waals surface area (Å²) in [6.45, 7) is 1.97. The van der Waals surface area contributed by atoms with Gasteiger partial charge in [0.1, 0.15) is 5.65 Å². The van der Waals surface area contributed by atoms with Gasteiger partial charge in [-0.15, -0.1) is 0 Å². The van der Waals surface area contributed by atoms with Crippen LogP contribution in [0.25, 0.3) is 16.8 Å². The second-order valence-electron chi connectivity index (χ2n) is 4.42. The predicted octanol–water partition coefficient (Wildman–Crippen LogP) is 3.01. The minimum atomic E-state index is -0.918. The number of nitrogens with zero attached hydrogens (tertiary/aromatic N) is 2. The molecular weight excluding hydrogens is 240 g/mol. The minimum absolute atomic E-state index is 0.307.